The van der Waals surface area contributed by atoms with Crippen LogP contribution in [0.2, 0.25) is 0 Å². The number of anilines is 1. The van der Waals surface area contributed by atoms with E-state index in [9.17, 15) is 17.6 Å². The molecular weight excluding hydrogens is 369 g/mol. The molecule has 3 rings (SSSR count). The van der Waals surface area contributed by atoms with Crippen LogP contribution in [0.1, 0.15) is 16.8 Å². The molecule has 0 bridgehead atoms. The highest BCUT2D eigenvalue weighted by atomic mass is 32.2. The van der Waals surface area contributed by atoms with Gasteiger partial charge >= 0.3 is 0 Å². The van der Waals surface area contributed by atoms with Gasteiger partial charge in [-0.15, -0.1) is 0 Å². The van der Waals surface area contributed by atoms with E-state index in [-0.39, 0.29) is 16.5 Å². The number of likely N-dealkylation sites (N-methyl/N-ethyl adjacent to an activating group) is 1. The summed E-state index contributed by atoms with van der Waals surface area (Å²) in [6.07, 6.45) is 0.881. The lowest BCUT2D eigenvalue weighted by molar-refractivity contribution is 0.0762. The average Bonchev–Trinajstić information content (AvgIpc) is 2.87. The van der Waals surface area contributed by atoms with Crippen LogP contribution < -0.4 is 4.72 Å². The summed E-state index contributed by atoms with van der Waals surface area (Å²) in [7, 11) is -1.86. The molecule has 2 aromatic rings. The van der Waals surface area contributed by atoms with Crippen molar-refractivity contribution in [1.29, 1.82) is 0 Å². The first-order chi connectivity index (χ1) is 12.8. The van der Waals surface area contributed by atoms with Gasteiger partial charge in [-0.3, -0.25) is 9.52 Å². The minimum absolute atomic E-state index is 0.00962. The molecule has 1 fully saturated rings. The van der Waals surface area contributed by atoms with Crippen LogP contribution in [0.3, 0.4) is 0 Å². The van der Waals surface area contributed by atoms with Crippen molar-refractivity contribution in [3.05, 3.63) is 59.9 Å². The van der Waals surface area contributed by atoms with Crippen LogP contribution in [0.4, 0.5) is 10.1 Å². The first-order valence-corrected chi connectivity index (χ1v) is 10.2. The molecular formula is C19H22FN3O3S. The van der Waals surface area contributed by atoms with Gasteiger partial charge in [0, 0.05) is 30.9 Å². The fraction of sp³-hybridized carbons (Fsp3) is 0.316. The number of amides is 1. The SMILES string of the molecule is CN1CCCN(C(=O)c2cccc(S(=O)(=O)Nc3ccc(F)cc3)c2)CC1. The Hall–Kier alpha value is -2.45. The summed E-state index contributed by atoms with van der Waals surface area (Å²) < 4.78 is 40.6. The van der Waals surface area contributed by atoms with Gasteiger partial charge in [0.05, 0.1) is 4.90 Å². The zero-order valence-corrected chi connectivity index (χ0v) is 15.9. The van der Waals surface area contributed by atoms with Crippen LogP contribution in [0.5, 0.6) is 0 Å². The molecule has 0 unspecified atom stereocenters. The van der Waals surface area contributed by atoms with Crippen LogP contribution in [0.15, 0.2) is 53.4 Å². The zero-order valence-electron chi connectivity index (χ0n) is 15.1. The van der Waals surface area contributed by atoms with Crippen molar-refractivity contribution in [3.8, 4) is 0 Å². The number of nitrogens with zero attached hydrogens (tertiary/aromatic N) is 2. The summed E-state index contributed by atoms with van der Waals surface area (Å²) in [6, 6.07) is 11.0. The summed E-state index contributed by atoms with van der Waals surface area (Å²) in [6.45, 7) is 2.98. The molecule has 0 aliphatic carbocycles. The molecule has 6 nitrogen and oxygen atoms in total. The normalized spacial score (nSPS) is 16.0. The largest absolute Gasteiger partial charge is 0.337 e. The molecule has 1 N–H and O–H groups in total. The van der Waals surface area contributed by atoms with E-state index in [1.165, 1.54) is 36.4 Å². The monoisotopic (exact) mass is 391 g/mol. The Kier molecular flexibility index (Phi) is 5.76. The Balaban J connectivity index is 1.79. The number of carbonyl (C=O) groups excluding carboxylic acids is 1. The number of carbonyl (C=O) groups is 1. The third-order valence-corrected chi connectivity index (χ3v) is 5.87. The smallest absolute Gasteiger partial charge is 0.261 e. The van der Waals surface area contributed by atoms with Crippen molar-refractivity contribution < 1.29 is 17.6 Å². The van der Waals surface area contributed by atoms with Crippen molar-refractivity contribution in [2.75, 3.05) is 37.9 Å². The minimum atomic E-state index is -3.88. The highest BCUT2D eigenvalue weighted by Gasteiger charge is 2.21. The number of nitrogens with one attached hydrogen (secondary N) is 1. The molecule has 0 saturated carbocycles. The van der Waals surface area contributed by atoms with E-state index in [0.29, 0.717) is 18.7 Å². The third kappa shape index (κ3) is 4.84. The van der Waals surface area contributed by atoms with Crippen molar-refractivity contribution in [2.24, 2.45) is 0 Å². The number of benzene rings is 2. The molecule has 2 aromatic carbocycles. The first kappa shape index (κ1) is 19.3. The lowest BCUT2D eigenvalue weighted by atomic mass is 10.2. The van der Waals surface area contributed by atoms with E-state index in [2.05, 4.69) is 9.62 Å². The Labute approximate surface area is 158 Å². The predicted octanol–water partition coefficient (Wildman–Crippen LogP) is 2.40. The maximum Gasteiger partial charge on any atom is 0.261 e. The maximum atomic E-state index is 13.0. The predicted molar refractivity (Wildman–Crippen MR) is 102 cm³/mol. The summed E-state index contributed by atoms with van der Waals surface area (Å²) in [5, 5.41) is 0. The molecule has 1 aliphatic rings. The molecule has 144 valence electrons. The number of hydrogen-bond donors (Lipinski definition) is 1. The molecule has 1 heterocycles. The second-order valence-electron chi connectivity index (χ2n) is 6.59. The van der Waals surface area contributed by atoms with Gasteiger partial charge in [0.2, 0.25) is 0 Å². The van der Waals surface area contributed by atoms with E-state index in [1.807, 2.05) is 7.05 Å². The lowest BCUT2D eigenvalue weighted by Crippen LogP contribution is -2.34. The summed E-state index contributed by atoms with van der Waals surface area (Å²) in [5.41, 5.74) is 0.588. The van der Waals surface area contributed by atoms with Gasteiger partial charge in [0.1, 0.15) is 5.82 Å². The standard InChI is InChI=1S/C19H22FN3O3S/c1-22-10-3-11-23(13-12-22)19(24)15-4-2-5-18(14-15)27(25,26)21-17-8-6-16(20)7-9-17/h2,4-9,14,21H,3,10-13H2,1H3. The highest BCUT2D eigenvalue weighted by Crippen LogP contribution is 2.19. The van der Waals surface area contributed by atoms with Crippen molar-refractivity contribution in [1.82, 2.24) is 9.80 Å². The van der Waals surface area contributed by atoms with Crippen LogP contribution in [0.25, 0.3) is 0 Å². The second-order valence-corrected chi connectivity index (χ2v) is 8.27. The fourth-order valence-corrected chi connectivity index (χ4v) is 4.06. The summed E-state index contributed by atoms with van der Waals surface area (Å²) in [5.74, 6) is -0.627. The highest BCUT2D eigenvalue weighted by molar-refractivity contribution is 7.92. The van der Waals surface area contributed by atoms with Gasteiger partial charge in [0.15, 0.2) is 0 Å². The molecule has 0 atom stereocenters. The van der Waals surface area contributed by atoms with E-state index in [1.54, 1.807) is 17.0 Å². The minimum Gasteiger partial charge on any atom is -0.337 e. The van der Waals surface area contributed by atoms with E-state index >= 15 is 0 Å². The van der Waals surface area contributed by atoms with Gasteiger partial charge < -0.3 is 9.80 Å². The van der Waals surface area contributed by atoms with Crippen LogP contribution >= 0.6 is 0 Å². The lowest BCUT2D eigenvalue weighted by Gasteiger charge is -2.21. The Morgan fingerprint density at radius 2 is 1.78 bits per heavy atom. The van der Waals surface area contributed by atoms with Gasteiger partial charge in [-0.1, -0.05) is 6.07 Å². The summed E-state index contributed by atoms with van der Waals surface area (Å²) >= 11 is 0. The molecule has 1 saturated heterocycles. The van der Waals surface area contributed by atoms with E-state index in [0.717, 1.165) is 19.5 Å². The third-order valence-electron chi connectivity index (χ3n) is 4.49. The molecule has 1 aliphatic heterocycles. The van der Waals surface area contributed by atoms with Gasteiger partial charge in [-0.2, -0.15) is 0 Å². The topological polar surface area (TPSA) is 69.7 Å². The average molecular weight is 391 g/mol. The second kappa shape index (κ2) is 8.06. The van der Waals surface area contributed by atoms with Crippen molar-refractivity contribution >= 4 is 21.6 Å². The Morgan fingerprint density at radius 3 is 2.52 bits per heavy atom. The zero-order chi connectivity index (χ0) is 19.4. The quantitative estimate of drug-likeness (QED) is 0.869. The van der Waals surface area contributed by atoms with E-state index < -0.39 is 15.8 Å². The molecule has 1 amide bonds. The van der Waals surface area contributed by atoms with Crippen LogP contribution in [0, 0.1) is 5.82 Å². The molecule has 0 spiro atoms. The molecule has 8 heteroatoms. The van der Waals surface area contributed by atoms with Gasteiger partial charge in [-0.05, 0) is 62.5 Å². The summed E-state index contributed by atoms with van der Waals surface area (Å²) in [4.78, 5) is 16.7. The van der Waals surface area contributed by atoms with Crippen LogP contribution in [-0.2, 0) is 10.0 Å². The van der Waals surface area contributed by atoms with Crippen LogP contribution in [-0.4, -0.2) is 57.4 Å². The van der Waals surface area contributed by atoms with Crippen molar-refractivity contribution in [2.45, 2.75) is 11.3 Å². The number of sulfonamides is 1. The number of halogens is 1. The number of hydrogen-bond acceptors (Lipinski definition) is 4. The first-order valence-electron chi connectivity index (χ1n) is 8.71. The Morgan fingerprint density at radius 1 is 1.04 bits per heavy atom. The maximum absolute atomic E-state index is 13.0. The van der Waals surface area contributed by atoms with Gasteiger partial charge in [0.25, 0.3) is 15.9 Å². The fourth-order valence-electron chi connectivity index (χ4n) is 2.96. The molecule has 0 aromatic heterocycles. The van der Waals surface area contributed by atoms with Crippen molar-refractivity contribution in [3.63, 3.8) is 0 Å². The molecule has 27 heavy (non-hydrogen) atoms. The Bertz CT molecular complexity index is 916. The number of rotatable bonds is 4. The molecule has 0 radical (unpaired) electrons. The van der Waals surface area contributed by atoms with Gasteiger partial charge in [-0.25, -0.2) is 12.8 Å². The van der Waals surface area contributed by atoms with E-state index in [4.69, 9.17) is 0 Å².